The largest absolute Gasteiger partial charge is 0.361 e. The molecular formula is C8H8N2O3S. The Labute approximate surface area is 81.6 Å². The summed E-state index contributed by atoms with van der Waals surface area (Å²) in [6.07, 6.45) is 4.90. The third kappa shape index (κ3) is 1.49. The molecule has 0 aromatic carbocycles. The lowest BCUT2D eigenvalue weighted by Gasteiger charge is -2.22. The van der Waals surface area contributed by atoms with E-state index in [2.05, 4.69) is 4.98 Å². The molecule has 0 bridgehead atoms. The first-order valence-corrected chi connectivity index (χ1v) is 5.35. The molecule has 0 unspecified atom stereocenters. The Morgan fingerprint density at radius 3 is 3.00 bits per heavy atom. The molecule has 2 heterocycles. The summed E-state index contributed by atoms with van der Waals surface area (Å²) in [4.78, 5) is 3.90. The van der Waals surface area contributed by atoms with Crippen molar-refractivity contribution in [1.29, 1.82) is 0 Å². The molecule has 0 radical (unpaired) electrons. The normalized spacial score (nSPS) is 15.4. The zero-order chi connectivity index (χ0) is 10.2. The van der Waals surface area contributed by atoms with E-state index in [1.165, 1.54) is 6.20 Å². The molecule has 1 N–H and O–H groups in total. The van der Waals surface area contributed by atoms with Gasteiger partial charge in [0.25, 0.3) is 0 Å². The van der Waals surface area contributed by atoms with E-state index < -0.39 is 10.3 Å². The minimum absolute atomic E-state index is 0.114. The molecule has 0 saturated carbocycles. The molecule has 74 valence electrons. The Balaban J connectivity index is 2.57. The summed E-state index contributed by atoms with van der Waals surface area (Å²) < 4.78 is 31.7. The first kappa shape index (κ1) is 9.17. The van der Waals surface area contributed by atoms with Crippen molar-refractivity contribution in [2.75, 3.05) is 10.8 Å². The van der Waals surface area contributed by atoms with Gasteiger partial charge in [-0.2, -0.15) is 8.42 Å². The molecule has 1 aromatic heterocycles. The number of aromatic nitrogens is 1. The van der Waals surface area contributed by atoms with Crippen LogP contribution in [0.2, 0.25) is 0 Å². The van der Waals surface area contributed by atoms with Gasteiger partial charge in [-0.15, -0.1) is 0 Å². The minimum Gasteiger partial charge on any atom is -0.269 e. The van der Waals surface area contributed by atoms with Gasteiger partial charge in [-0.05, 0) is 12.1 Å². The zero-order valence-corrected chi connectivity index (χ0v) is 7.98. The predicted octanol–water partition coefficient (Wildman–Crippen LogP) is 0.718. The molecule has 5 nitrogen and oxygen atoms in total. The number of hydrogen-bond donors (Lipinski definition) is 1. The van der Waals surface area contributed by atoms with Crippen LogP contribution in [0.4, 0.5) is 5.82 Å². The van der Waals surface area contributed by atoms with Gasteiger partial charge in [0.15, 0.2) is 5.82 Å². The van der Waals surface area contributed by atoms with Crippen molar-refractivity contribution < 1.29 is 13.0 Å². The quantitative estimate of drug-likeness (QED) is 0.696. The van der Waals surface area contributed by atoms with Crippen molar-refractivity contribution in [3.05, 3.63) is 30.0 Å². The molecule has 0 spiro atoms. The van der Waals surface area contributed by atoms with E-state index in [4.69, 9.17) is 4.55 Å². The second-order valence-electron chi connectivity index (χ2n) is 2.83. The molecule has 0 fully saturated rings. The van der Waals surface area contributed by atoms with Gasteiger partial charge in [-0.1, -0.05) is 12.2 Å². The maximum atomic E-state index is 11.0. The van der Waals surface area contributed by atoms with Crippen molar-refractivity contribution in [2.24, 2.45) is 0 Å². The highest BCUT2D eigenvalue weighted by Crippen LogP contribution is 2.24. The van der Waals surface area contributed by atoms with Gasteiger partial charge in [-0.3, -0.25) is 4.55 Å². The van der Waals surface area contributed by atoms with Crippen LogP contribution in [0.3, 0.4) is 0 Å². The fourth-order valence-electron chi connectivity index (χ4n) is 1.31. The van der Waals surface area contributed by atoms with Crippen molar-refractivity contribution >= 4 is 22.2 Å². The summed E-state index contributed by atoms with van der Waals surface area (Å²) in [6.45, 7) is 0.114. The van der Waals surface area contributed by atoms with E-state index in [0.717, 1.165) is 4.31 Å². The number of rotatable bonds is 1. The van der Waals surface area contributed by atoms with Crippen molar-refractivity contribution in [3.8, 4) is 0 Å². The number of pyridine rings is 1. The second-order valence-corrected chi connectivity index (χ2v) is 4.16. The lowest BCUT2D eigenvalue weighted by Crippen LogP contribution is -2.33. The fourth-order valence-corrected chi connectivity index (χ4v) is 1.96. The Morgan fingerprint density at radius 2 is 2.29 bits per heavy atom. The molecule has 0 atom stereocenters. The minimum atomic E-state index is -4.22. The number of anilines is 1. The van der Waals surface area contributed by atoms with Crippen molar-refractivity contribution in [1.82, 2.24) is 4.98 Å². The molecule has 14 heavy (non-hydrogen) atoms. The summed E-state index contributed by atoms with van der Waals surface area (Å²) in [6, 6.07) is 3.44. The van der Waals surface area contributed by atoms with Crippen LogP contribution >= 0.6 is 0 Å². The Bertz CT molecular complexity index is 481. The first-order chi connectivity index (χ1) is 6.59. The highest BCUT2D eigenvalue weighted by Gasteiger charge is 2.23. The Kier molecular flexibility index (Phi) is 2.01. The molecule has 1 aliphatic heterocycles. The van der Waals surface area contributed by atoms with Crippen LogP contribution in [0.15, 0.2) is 24.4 Å². The Morgan fingerprint density at radius 1 is 1.50 bits per heavy atom. The van der Waals surface area contributed by atoms with Crippen LogP contribution < -0.4 is 4.31 Å². The summed E-state index contributed by atoms with van der Waals surface area (Å²) in [7, 11) is -4.22. The smallest absolute Gasteiger partial charge is 0.269 e. The van der Waals surface area contributed by atoms with Crippen LogP contribution in [0, 0.1) is 0 Å². The van der Waals surface area contributed by atoms with Gasteiger partial charge in [0.05, 0.1) is 6.54 Å². The molecular weight excluding hydrogens is 204 g/mol. The zero-order valence-electron chi connectivity index (χ0n) is 7.16. The molecule has 6 heteroatoms. The van der Waals surface area contributed by atoms with Gasteiger partial charge in [0.2, 0.25) is 0 Å². The number of fused-ring (bicyclic) bond motifs is 1. The van der Waals surface area contributed by atoms with Gasteiger partial charge < -0.3 is 0 Å². The molecule has 2 rings (SSSR count). The topological polar surface area (TPSA) is 70.5 Å². The summed E-state index contributed by atoms with van der Waals surface area (Å²) in [5, 5.41) is 0. The SMILES string of the molecule is O=S(=O)(O)N1CC=Cc2cccnc21. The van der Waals surface area contributed by atoms with Crippen molar-refractivity contribution in [2.45, 2.75) is 0 Å². The van der Waals surface area contributed by atoms with Gasteiger partial charge in [0.1, 0.15) is 0 Å². The lowest BCUT2D eigenvalue weighted by molar-refractivity contribution is 0.479. The lowest BCUT2D eigenvalue weighted by atomic mass is 10.2. The summed E-state index contributed by atoms with van der Waals surface area (Å²) >= 11 is 0. The molecule has 0 amide bonds. The van der Waals surface area contributed by atoms with Crippen LogP contribution in [0.5, 0.6) is 0 Å². The van der Waals surface area contributed by atoms with Crippen LogP contribution in [-0.2, 0) is 10.3 Å². The second kappa shape index (κ2) is 3.07. The Hall–Kier alpha value is -1.40. The van der Waals surface area contributed by atoms with Crippen LogP contribution in [-0.4, -0.2) is 24.5 Å². The summed E-state index contributed by atoms with van der Waals surface area (Å²) in [5.74, 6) is 0.262. The van der Waals surface area contributed by atoms with Gasteiger partial charge in [0, 0.05) is 11.8 Å². The van der Waals surface area contributed by atoms with E-state index in [1.54, 1.807) is 24.3 Å². The summed E-state index contributed by atoms with van der Waals surface area (Å²) in [5.41, 5.74) is 0.677. The highest BCUT2D eigenvalue weighted by molar-refractivity contribution is 7.87. The van der Waals surface area contributed by atoms with E-state index in [1.807, 2.05) is 0 Å². The van der Waals surface area contributed by atoms with Gasteiger partial charge >= 0.3 is 10.3 Å². The monoisotopic (exact) mass is 212 g/mol. The van der Waals surface area contributed by atoms with E-state index >= 15 is 0 Å². The van der Waals surface area contributed by atoms with E-state index in [9.17, 15) is 8.42 Å². The molecule has 1 aromatic rings. The number of nitrogens with zero attached hydrogens (tertiary/aromatic N) is 2. The molecule has 1 aliphatic rings. The van der Waals surface area contributed by atoms with Gasteiger partial charge in [-0.25, -0.2) is 9.29 Å². The third-order valence-electron chi connectivity index (χ3n) is 1.90. The predicted molar refractivity (Wildman–Crippen MR) is 52.2 cm³/mol. The highest BCUT2D eigenvalue weighted by atomic mass is 32.2. The maximum Gasteiger partial charge on any atom is 0.361 e. The van der Waals surface area contributed by atoms with E-state index in [-0.39, 0.29) is 12.4 Å². The first-order valence-electron chi connectivity index (χ1n) is 3.96. The molecule has 0 aliphatic carbocycles. The van der Waals surface area contributed by atoms with Crippen molar-refractivity contribution in [3.63, 3.8) is 0 Å². The maximum absolute atomic E-state index is 11.0. The fraction of sp³-hybridized carbons (Fsp3) is 0.125. The van der Waals surface area contributed by atoms with Crippen LogP contribution in [0.25, 0.3) is 6.08 Å². The number of hydrogen-bond acceptors (Lipinski definition) is 3. The van der Waals surface area contributed by atoms with E-state index in [0.29, 0.717) is 5.56 Å². The molecule has 0 saturated heterocycles. The standard InChI is InChI=1S/C8H8N2O3S/c11-14(12,13)10-6-2-4-7-3-1-5-9-8(7)10/h1-5H,6H2,(H,11,12,13). The van der Waals surface area contributed by atoms with Crippen LogP contribution in [0.1, 0.15) is 5.56 Å². The average molecular weight is 212 g/mol. The average Bonchev–Trinajstić information content (AvgIpc) is 2.15. The third-order valence-corrected chi connectivity index (χ3v) is 2.78.